The number of anilines is 1. The molecule has 2 N–H and O–H groups in total. The minimum Gasteiger partial charge on any atom is -0.310 e. The zero-order chi connectivity index (χ0) is 13.7. The van der Waals surface area contributed by atoms with Crippen LogP contribution < -0.4 is 10.9 Å². The van der Waals surface area contributed by atoms with E-state index in [1.807, 2.05) is 0 Å². The van der Waals surface area contributed by atoms with Gasteiger partial charge in [0.1, 0.15) is 5.82 Å². The van der Waals surface area contributed by atoms with Crippen molar-refractivity contribution in [3.05, 3.63) is 46.0 Å². The Morgan fingerprint density at radius 1 is 1.37 bits per heavy atom. The van der Waals surface area contributed by atoms with Crippen LogP contribution in [0.2, 0.25) is 5.02 Å². The maximum atomic E-state index is 11.6. The number of hydrogen-bond donors (Lipinski definition) is 2. The van der Waals surface area contributed by atoms with Gasteiger partial charge in [0.15, 0.2) is 5.16 Å². The molecule has 1 amide bonds. The molecule has 0 fully saturated rings. The first-order valence-corrected chi connectivity index (χ1v) is 6.59. The number of aromatic amines is 1. The Morgan fingerprint density at radius 3 is 2.89 bits per heavy atom. The number of rotatable bonds is 4. The summed E-state index contributed by atoms with van der Waals surface area (Å²) in [6.45, 7) is 0. The molecule has 0 aliphatic heterocycles. The van der Waals surface area contributed by atoms with E-state index in [1.165, 1.54) is 18.5 Å². The van der Waals surface area contributed by atoms with Crippen LogP contribution in [0.25, 0.3) is 0 Å². The van der Waals surface area contributed by atoms with E-state index < -0.39 is 0 Å². The molecule has 0 bridgehead atoms. The highest BCUT2D eigenvalue weighted by Crippen LogP contribution is 2.12. The third-order valence-electron chi connectivity index (χ3n) is 1.98. The summed E-state index contributed by atoms with van der Waals surface area (Å²) in [5.74, 6) is 0.299. The van der Waals surface area contributed by atoms with Gasteiger partial charge < -0.3 is 10.3 Å². The first-order valence-electron chi connectivity index (χ1n) is 5.23. The Balaban J connectivity index is 1.88. The third-order valence-corrected chi connectivity index (χ3v) is 3.09. The van der Waals surface area contributed by atoms with E-state index in [0.717, 1.165) is 11.8 Å². The van der Waals surface area contributed by atoms with Crippen LogP contribution in [0.1, 0.15) is 0 Å². The third kappa shape index (κ3) is 4.38. The smallest absolute Gasteiger partial charge is 0.251 e. The molecule has 2 aromatic rings. The van der Waals surface area contributed by atoms with Crippen molar-refractivity contribution in [2.24, 2.45) is 0 Å². The molecular formula is C11H9ClN4O2S. The summed E-state index contributed by atoms with van der Waals surface area (Å²) in [5, 5.41) is 3.50. The fraction of sp³-hybridized carbons (Fsp3) is 0.0909. The lowest BCUT2D eigenvalue weighted by atomic mass is 10.4. The topological polar surface area (TPSA) is 87.7 Å². The summed E-state index contributed by atoms with van der Waals surface area (Å²) >= 11 is 6.82. The Bertz CT molecular complexity index is 629. The monoisotopic (exact) mass is 296 g/mol. The molecule has 0 radical (unpaired) electrons. The summed E-state index contributed by atoms with van der Waals surface area (Å²) in [4.78, 5) is 33.0. The Labute approximate surface area is 117 Å². The van der Waals surface area contributed by atoms with Crippen LogP contribution >= 0.6 is 23.4 Å². The lowest BCUT2D eigenvalue weighted by molar-refractivity contribution is -0.113. The van der Waals surface area contributed by atoms with Crippen LogP contribution in [0.5, 0.6) is 0 Å². The van der Waals surface area contributed by atoms with Gasteiger partial charge in [-0.05, 0) is 12.1 Å². The maximum absolute atomic E-state index is 11.6. The molecule has 0 saturated carbocycles. The predicted octanol–water partition coefficient (Wildman–Crippen LogP) is 1.55. The number of aromatic nitrogens is 3. The van der Waals surface area contributed by atoms with Gasteiger partial charge in [0.25, 0.3) is 5.56 Å². The second-order valence-electron chi connectivity index (χ2n) is 3.44. The van der Waals surface area contributed by atoms with E-state index in [9.17, 15) is 9.59 Å². The predicted molar refractivity (Wildman–Crippen MR) is 73.5 cm³/mol. The number of H-pyrrole nitrogens is 1. The van der Waals surface area contributed by atoms with Crippen molar-refractivity contribution in [2.75, 3.05) is 11.1 Å². The highest BCUT2D eigenvalue weighted by molar-refractivity contribution is 7.99. The molecular weight excluding hydrogens is 288 g/mol. The van der Waals surface area contributed by atoms with E-state index in [-0.39, 0.29) is 17.2 Å². The summed E-state index contributed by atoms with van der Waals surface area (Å²) in [6.07, 6.45) is 2.83. The molecule has 0 aliphatic rings. The van der Waals surface area contributed by atoms with Crippen molar-refractivity contribution in [1.82, 2.24) is 15.0 Å². The van der Waals surface area contributed by atoms with Gasteiger partial charge in [-0.25, -0.2) is 9.97 Å². The molecule has 8 heteroatoms. The first-order chi connectivity index (χ1) is 9.13. The maximum Gasteiger partial charge on any atom is 0.251 e. The number of thioether (sulfide) groups is 1. The zero-order valence-corrected chi connectivity index (χ0v) is 11.2. The molecule has 2 rings (SSSR count). The van der Waals surface area contributed by atoms with Crippen molar-refractivity contribution in [1.29, 1.82) is 0 Å². The van der Waals surface area contributed by atoms with Gasteiger partial charge >= 0.3 is 0 Å². The number of carbonyl (C=O) groups is 1. The highest BCUT2D eigenvalue weighted by Gasteiger charge is 2.05. The van der Waals surface area contributed by atoms with Crippen molar-refractivity contribution in [2.45, 2.75) is 5.16 Å². The first kappa shape index (κ1) is 13.6. The van der Waals surface area contributed by atoms with Gasteiger partial charge in [-0.15, -0.1) is 0 Å². The SMILES string of the molecule is O=C(CSc1nccc(=O)[nH]1)Nc1ccc(Cl)cn1. The summed E-state index contributed by atoms with van der Waals surface area (Å²) < 4.78 is 0. The Kier molecular flexibility index (Phi) is 4.53. The van der Waals surface area contributed by atoms with Crippen LogP contribution in [0.4, 0.5) is 5.82 Å². The van der Waals surface area contributed by atoms with Crippen LogP contribution in [0, 0.1) is 0 Å². The standard InChI is InChI=1S/C11H9ClN4O2S/c12-7-1-2-8(14-5-7)15-10(18)6-19-11-13-4-3-9(17)16-11/h1-5H,6H2,(H,13,16,17)(H,14,15,18). The van der Waals surface area contributed by atoms with Gasteiger partial charge in [-0.1, -0.05) is 23.4 Å². The van der Waals surface area contributed by atoms with Crippen LogP contribution in [-0.2, 0) is 4.79 Å². The molecule has 2 aromatic heterocycles. The van der Waals surface area contributed by atoms with E-state index in [0.29, 0.717) is 16.0 Å². The minimum absolute atomic E-state index is 0.122. The van der Waals surface area contributed by atoms with Gasteiger partial charge in [0, 0.05) is 18.5 Å². The zero-order valence-electron chi connectivity index (χ0n) is 9.59. The van der Waals surface area contributed by atoms with Crippen molar-refractivity contribution >= 4 is 35.1 Å². The molecule has 2 heterocycles. The van der Waals surface area contributed by atoms with Gasteiger partial charge in [-0.2, -0.15) is 0 Å². The van der Waals surface area contributed by atoms with Crippen LogP contribution in [0.15, 0.2) is 40.5 Å². The minimum atomic E-state index is -0.253. The average molecular weight is 297 g/mol. The lowest BCUT2D eigenvalue weighted by Crippen LogP contribution is -2.15. The van der Waals surface area contributed by atoms with Gasteiger partial charge in [0.2, 0.25) is 5.91 Å². The highest BCUT2D eigenvalue weighted by atomic mass is 35.5. The Hall–Kier alpha value is -1.86. The van der Waals surface area contributed by atoms with Gasteiger partial charge in [-0.3, -0.25) is 9.59 Å². The molecule has 6 nitrogen and oxygen atoms in total. The fourth-order valence-corrected chi connectivity index (χ4v) is 1.95. The summed E-state index contributed by atoms with van der Waals surface area (Å²) in [5.41, 5.74) is -0.253. The van der Waals surface area contributed by atoms with Crippen molar-refractivity contribution in [3.63, 3.8) is 0 Å². The summed E-state index contributed by atoms with van der Waals surface area (Å²) in [6, 6.07) is 4.54. The van der Waals surface area contributed by atoms with Crippen molar-refractivity contribution < 1.29 is 4.79 Å². The molecule has 0 aliphatic carbocycles. The average Bonchev–Trinajstić information content (AvgIpc) is 2.39. The molecule has 0 saturated heterocycles. The van der Waals surface area contributed by atoms with E-state index in [4.69, 9.17) is 11.6 Å². The fourth-order valence-electron chi connectivity index (χ4n) is 1.19. The van der Waals surface area contributed by atoms with Crippen LogP contribution in [0.3, 0.4) is 0 Å². The molecule has 0 spiro atoms. The largest absolute Gasteiger partial charge is 0.310 e. The number of halogens is 1. The second kappa shape index (κ2) is 6.35. The molecule has 0 unspecified atom stereocenters. The van der Waals surface area contributed by atoms with E-state index in [1.54, 1.807) is 12.1 Å². The molecule has 0 aromatic carbocycles. The molecule has 19 heavy (non-hydrogen) atoms. The number of hydrogen-bond acceptors (Lipinski definition) is 5. The lowest BCUT2D eigenvalue weighted by Gasteiger charge is -2.03. The van der Waals surface area contributed by atoms with Gasteiger partial charge in [0.05, 0.1) is 10.8 Å². The number of pyridine rings is 1. The number of carbonyl (C=O) groups excluding carboxylic acids is 1. The second-order valence-corrected chi connectivity index (χ2v) is 4.84. The molecule has 0 atom stereocenters. The van der Waals surface area contributed by atoms with Crippen LogP contribution in [-0.4, -0.2) is 26.6 Å². The quantitative estimate of drug-likeness (QED) is 0.660. The van der Waals surface area contributed by atoms with E-state index >= 15 is 0 Å². The number of amides is 1. The number of nitrogens with one attached hydrogen (secondary N) is 2. The number of nitrogens with zero attached hydrogens (tertiary/aromatic N) is 2. The van der Waals surface area contributed by atoms with Crippen molar-refractivity contribution in [3.8, 4) is 0 Å². The molecule has 98 valence electrons. The Morgan fingerprint density at radius 2 is 2.21 bits per heavy atom. The normalized spacial score (nSPS) is 10.2. The summed E-state index contributed by atoms with van der Waals surface area (Å²) in [7, 11) is 0. The van der Waals surface area contributed by atoms with E-state index in [2.05, 4.69) is 20.3 Å².